The molecule has 9 rings (SSSR count). The van der Waals surface area contributed by atoms with E-state index in [1.165, 1.54) is 18.4 Å². The Morgan fingerprint density at radius 2 is 1.64 bits per heavy atom. The summed E-state index contributed by atoms with van der Waals surface area (Å²) in [7, 11) is 0. The lowest BCUT2D eigenvalue weighted by Gasteiger charge is -2.49. The number of phenolic OH excluding ortho intramolecular Hbond substituents is 1. The topological polar surface area (TPSA) is 147 Å². The normalized spacial score (nSPS) is 24.3. The summed E-state index contributed by atoms with van der Waals surface area (Å²) in [4.78, 5) is 48.9. The van der Waals surface area contributed by atoms with Gasteiger partial charge in [0.05, 0.1) is 30.1 Å². The van der Waals surface area contributed by atoms with E-state index in [1.807, 2.05) is 30.3 Å². The number of rotatable bonds is 9. The molecule has 3 amide bonds. The number of phenols is 1. The molecule has 3 N–H and O–H groups in total. The number of carbonyl (C=O) groups is 3. The molecule has 14 heteroatoms. The number of nitrogens with one attached hydrogen (secondary N) is 2. The number of hydrogen-bond donors (Lipinski definition) is 3. The van der Waals surface area contributed by atoms with E-state index in [2.05, 4.69) is 52.6 Å². The van der Waals surface area contributed by atoms with Gasteiger partial charge in [-0.25, -0.2) is 0 Å². The molecule has 1 unspecified atom stereocenters. The maximum absolute atomic E-state index is 13.1. The Bertz CT molecular complexity index is 1930. The first-order valence-electron chi connectivity index (χ1n) is 20.1. The van der Waals surface area contributed by atoms with Crippen molar-refractivity contribution in [2.75, 3.05) is 75.7 Å². The molecule has 0 bridgehead atoms. The van der Waals surface area contributed by atoms with Crippen LogP contribution in [-0.2, 0) is 27.4 Å². The number of ether oxygens (including phenoxy) is 1. The third-order valence-electron chi connectivity index (χ3n) is 12.6. The fourth-order valence-corrected chi connectivity index (χ4v) is 9.54. The molecule has 0 radical (unpaired) electrons. The first kappa shape index (κ1) is 36.0. The highest BCUT2D eigenvalue weighted by atomic mass is 16.5. The van der Waals surface area contributed by atoms with Crippen LogP contribution in [0.15, 0.2) is 48.5 Å². The number of aromatic hydroxyl groups is 1. The Kier molecular flexibility index (Phi) is 10.1. The van der Waals surface area contributed by atoms with Crippen molar-refractivity contribution in [2.24, 2.45) is 0 Å². The summed E-state index contributed by atoms with van der Waals surface area (Å²) in [5.41, 5.74) is 5.27. The van der Waals surface area contributed by atoms with Gasteiger partial charge in [-0.05, 0) is 80.6 Å². The highest BCUT2D eigenvalue weighted by Crippen LogP contribution is 2.37. The number of piperidine rings is 3. The van der Waals surface area contributed by atoms with Gasteiger partial charge in [0.15, 0.2) is 5.82 Å². The average Bonchev–Trinajstić information content (AvgIpc) is 3.53. The van der Waals surface area contributed by atoms with Gasteiger partial charge in [0.25, 0.3) is 5.91 Å². The molecule has 1 aromatic heterocycles. The number of aromatic nitrogens is 2. The summed E-state index contributed by atoms with van der Waals surface area (Å²) in [6.45, 7) is 11.0. The predicted octanol–water partition coefficient (Wildman–Crippen LogP) is 2.67. The van der Waals surface area contributed by atoms with Gasteiger partial charge in [-0.15, -0.1) is 10.2 Å². The lowest BCUT2D eigenvalue weighted by Crippen LogP contribution is -2.61. The van der Waals surface area contributed by atoms with E-state index < -0.39 is 6.04 Å². The standard InChI is InChI=1S/C41H51N9O5/c51-37-4-2-1-3-33(37)34-22-36-39(45-44-34)42-23-30-26-48(17-18-49(30)36)29-9-13-46(14-10-29)19-20-55-31-11-15-47(16-12-31)24-27-5-6-32-28(21-27)25-50(41(32)54)35-7-8-38(52)43-40(35)53/h1-6,21-22,29-31,35,51H,7-20,23-26H2,(H,42,45)(H,43,52,53)/t30-,35?/m0/s1. The number of hydrogen-bond acceptors (Lipinski definition) is 12. The van der Waals surface area contributed by atoms with Gasteiger partial charge < -0.3 is 29.9 Å². The number of para-hydroxylation sites is 1. The number of piperazine rings is 1. The zero-order valence-electron chi connectivity index (χ0n) is 31.4. The van der Waals surface area contributed by atoms with Crippen molar-refractivity contribution >= 4 is 29.2 Å². The van der Waals surface area contributed by atoms with Crippen LogP contribution in [0.2, 0.25) is 0 Å². The molecule has 4 saturated heterocycles. The van der Waals surface area contributed by atoms with Gasteiger partial charge in [0, 0.05) is 82.5 Å². The monoisotopic (exact) mass is 749 g/mol. The molecule has 7 heterocycles. The van der Waals surface area contributed by atoms with Gasteiger partial charge >= 0.3 is 0 Å². The maximum atomic E-state index is 13.1. The molecule has 3 aromatic rings. The molecule has 6 aliphatic rings. The van der Waals surface area contributed by atoms with Gasteiger partial charge in [0.1, 0.15) is 11.8 Å². The molecule has 55 heavy (non-hydrogen) atoms. The highest BCUT2D eigenvalue weighted by molar-refractivity contribution is 6.05. The van der Waals surface area contributed by atoms with Crippen molar-refractivity contribution in [2.45, 2.75) is 75.8 Å². The van der Waals surface area contributed by atoms with E-state index >= 15 is 0 Å². The first-order valence-corrected chi connectivity index (χ1v) is 20.1. The lowest BCUT2D eigenvalue weighted by molar-refractivity contribution is -0.136. The fourth-order valence-electron chi connectivity index (χ4n) is 9.54. The van der Waals surface area contributed by atoms with Gasteiger partial charge in [-0.2, -0.15) is 0 Å². The van der Waals surface area contributed by atoms with Gasteiger partial charge in [-0.1, -0.05) is 24.3 Å². The number of fused-ring (bicyclic) bond motifs is 4. The lowest BCUT2D eigenvalue weighted by atomic mass is 9.99. The molecule has 0 spiro atoms. The number of imide groups is 1. The van der Waals surface area contributed by atoms with Crippen LogP contribution in [-0.4, -0.2) is 142 Å². The Morgan fingerprint density at radius 1 is 0.818 bits per heavy atom. The second kappa shape index (κ2) is 15.5. The molecule has 0 aliphatic carbocycles. The van der Waals surface area contributed by atoms with E-state index in [0.717, 1.165) is 102 Å². The average molecular weight is 750 g/mol. The van der Waals surface area contributed by atoms with E-state index in [1.54, 1.807) is 11.0 Å². The zero-order chi connectivity index (χ0) is 37.5. The van der Waals surface area contributed by atoms with Crippen LogP contribution in [0.5, 0.6) is 5.75 Å². The highest BCUT2D eigenvalue weighted by Gasteiger charge is 2.40. The third kappa shape index (κ3) is 7.52. The quantitative estimate of drug-likeness (QED) is 0.277. The third-order valence-corrected chi connectivity index (χ3v) is 12.6. The largest absolute Gasteiger partial charge is 0.507 e. The minimum absolute atomic E-state index is 0.126. The van der Waals surface area contributed by atoms with E-state index in [4.69, 9.17) is 4.74 Å². The zero-order valence-corrected chi connectivity index (χ0v) is 31.4. The van der Waals surface area contributed by atoms with Crippen molar-refractivity contribution in [1.29, 1.82) is 0 Å². The molecule has 2 aromatic carbocycles. The molecule has 2 atom stereocenters. The summed E-state index contributed by atoms with van der Waals surface area (Å²) in [5.74, 6) is 0.269. The fraction of sp³-hybridized carbons (Fsp3) is 0.537. The summed E-state index contributed by atoms with van der Waals surface area (Å²) in [6, 6.07) is 15.8. The van der Waals surface area contributed by atoms with Crippen molar-refractivity contribution < 1.29 is 24.2 Å². The minimum Gasteiger partial charge on any atom is -0.507 e. The molecule has 6 aliphatic heterocycles. The Labute approximate surface area is 321 Å². The molecular weight excluding hydrogens is 699 g/mol. The Balaban J connectivity index is 0.685. The van der Waals surface area contributed by atoms with Crippen molar-refractivity contribution in [3.63, 3.8) is 0 Å². The van der Waals surface area contributed by atoms with Crippen molar-refractivity contribution in [1.82, 2.24) is 35.1 Å². The van der Waals surface area contributed by atoms with Crippen LogP contribution in [0.1, 0.15) is 60.0 Å². The van der Waals surface area contributed by atoms with Crippen LogP contribution in [0.4, 0.5) is 11.5 Å². The summed E-state index contributed by atoms with van der Waals surface area (Å²) < 4.78 is 6.40. The number of nitrogens with zero attached hydrogens (tertiary/aromatic N) is 7. The Hall–Kier alpha value is -4.63. The number of amides is 3. The number of likely N-dealkylation sites (tertiary alicyclic amines) is 2. The second-order valence-electron chi connectivity index (χ2n) is 16.0. The molecule has 4 fully saturated rings. The van der Waals surface area contributed by atoms with Gasteiger partial charge in [-0.3, -0.25) is 29.5 Å². The smallest absolute Gasteiger partial charge is 0.255 e. The molecule has 290 valence electrons. The van der Waals surface area contributed by atoms with E-state index in [9.17, 15) is 19.5 Å². The van der Waals surface area contributed by atoms with E-state index in [-0.39, 0.29) is 29.9 Å². The predicted molar refractivity (Wildman–Crippen MR) is 207 cm³/mol. The minimum atomic E-state index is -0.585. The van der Waals surface area contributed by atoms with Crippen molar-refractivity contribution in [3.8, 4) is 17.0 Å². The molecule has 14 nitrogen and oxygen atoms in total. The van der Waals surface area contributed by atoms with Crippen LogP contribution in [0, 0.1) is 0 Å². The Morgan fingerprint density at radius 3 is 2.45 bits per heavy atom. The second-order valence-corrected chi connectivity index (χ2v) is 16.0. The van der Waals surface area contributed by atoms with Gasteiger partial charge in [0.2, 0.25) is 11.8 Å². The van der Waals surface area contributed by atoms with Crippen LogP contribution >= 0.6 is 0 Å². The number of anilines is 2. The van der Waals surface area contributed by atoms with Crippen LogP contribution < -0.4 is 15.5 Å². The molecule has 0 saturated carbocycles. The van der Waals surface area contributed by atoms with Crippen LogP contribution in [0.25, 0.3) is 11.3 Å². The summed E-state index contributed by atoms with van der Waals surface area (Å²) in [5, 5.41) is 25.1. The van der Waals surface area contributed by atoms with Crippen molar-refractivity contribution in [3.05, 3.63) is 65.2 Å². The maximum Gasteiger partial charge on any atom is 0.255 e. The SMILES string of the molecule is O=C1CCC(N2Cc3cc(CN4CCC(OCCN5CCC(N6CCN7c8cc(-c9ccccc9O)nnc8NC[C@H]7C6)CC5)CC4)ccc3C2=O)C(=O)N1. The summed E-state index contributed by atoms with van der Waals surface area (Å²) >= 11 is 0. The molecular formula is C41H51N9O5. The first-order chi connectivity index (χ1) is 26.9. The van der Waals surface area contributed by atoms with E-state index in [0.29, 0.717) is 48.0 Å². The number of carbonyl (C=O) groups excluding carboxylic acids is 3. The summed E-state index contributed by atoms with van der Waals surface area (Å²) in [6.07, 6.45) is 5.33. The van der Waals surface area contributed by atoms with Crippen LogP contribution in [0.3, 0.4) is 0 Å². The number of benzene rings is 2.